The molecule has 1 amide bonds. The number of hydrogen-bond donors (Lipinski definition) is 2. The molecule has 0 heterocycles. The smallest absolute Gasteiger partial charge is 0.240 e. The lowest BCUT2D eigenvalue weighted by Gasteiger charge is -2.20. The van der Waals surface area contributed by atoms with Crippen LogP contribution in [0.2, 0.25) is 0 Å². The lowest BCUT2D eigenvalue weighted by Crippen LogP contribution is -2.44. The summed E-state index contributed by atoms with van der Waals surface area (Å²) in [6.45, 7) is 2.12. The number of carbonyl (C=O) groups excluding carboxylic acids is 1. The van der Waals surface area contributed by atoms with Crippen molar-refractivity contribution in [2.75, 3.05) is 0 Å². The second-order valence-electron chi connectivity index (χ2n) is 4.88. The number of nitrogens with two attached hydrogens (primary N) is 1. The van der Waals surface area contributed by atoms with E-state index in [9.17, 15) is 4.79 Å². The Labute approximate surface area is 102 Å². The largest absolute Gasteiger partial charge is 0.348 e. The van der Waals surface area contributed by atoms with E-state index in [4.69, 9.17) is 5.73 Å². The Balaban J connectivity index is 2.05. The maximum atomic E-state index is 11.9. The van der Waals surface area contributed by atoms with Gasteiger partial charge in [0.25, 0.3) is 0 Å². The Morgan fingerprint density at radius 3 is 2.59 bits per heavy atom. The van der Waals surface area contributed by atoms with E-state index in [0.717, 1.165) is 31.2 Å². The Kier molecular flexibility index (Phi) is 3.48. The van der Waals surface area contributed by atoms with Gasteiger partial charge in [0.2, 0.25) is 5.91 Å². The first-order valence-electron chi connectivity index (χ1n) is 6.30. The number of hydrogen-bond acceptors (Lipinski definition) is 2. The molecule has 0 saturated heterocycles. The third kappa shape index (κ3) is 2.86. The van der Waals surface area contributed by atoms with Crippen molar-refractivity contribution < 1.29 is 4.79 Å². The van der Waals surface area contributed by atoms with Gasteiger partial charge in [-0.15, -0.1) is 0 Å². The van der Waals surface area contributed by atoms with Gasteiger partial charge in [-0.25, -0.2) is 0 Å². The fourth-order valence-corrected chi connectivity index (χ4v) is 1.96. The molecule has 1 aliphatic rings. The van der Waals surface area contributed by atoms with E-state index >= 15 is 0 Å². The van der Waals surface area contributed by atoms with E-state index in [2.05, 4.69) is 24.4 Å². The average Bonchev–Trinajstić information content (AvgIpc) is 3.09. The van der Waals surface area contributed by atoms with Gasteiger partial charge < -0.3 is 11.1 Å². The van der Waals surface area contributed by atoms with Gasteiger partial charge in [0, 0.05) is 0 Å². The molecule has 2 rings (SSSR count). The standard InChI is InChI=1S/C14H20N2O/c1-2-6-12(11-7-4-3-5-8-11)16-13(17)14(15)9-10-14/h3-5,7-8,12H,2,6,9-10,15H2,1H3,(H,16,17). The molecule has 0 aromatic heterocycles. The zero-order valence-corrected chi connectivity index (χ0v) is 10.3. The quantitative estimate of drug-likeness (QED) is 0.817. The minimum Gasteiger partial charge on any atom is -0.348 e. The lowest BCUT2D eigenvalue weighted by atomic mass is 10.0. The van der Waals surface area contributed by atoms with E-state index in [1.165, 1.54) is 0 Å². The van der Waals surface area contributed by atoms with Crippen molar-refractivity contribution in [1.82, 2.24) is 5.32 Å². The molecule has 92 valence electrons. The summed E-state index contributed by atoms with van der Waals surface area (Å²) in [7, 11) is 0. The molecule has 1 saturated carbocycles. The first-order valence-corrected chi connectivity index (χ1v) is 6.30. The summed E-state index contributed by atoms with van der Waals surface area (Å²) in [6, 6.07) is 10.2. The second kappa shape index (κ2) is 4.88. The van der Waals surface area contributed by atoms with Crippen LogP contribution in [-0.2, 0) is 4.79 Å². The molecule has 3 N–H and O–H groups in total. The first kappa shape index (κ1) is 12.1. The molecular weight excluding hydrogens is 212 g/mol. The van der Waals surface area contributed by atoms with E-state index in [1.807, 2.05) is 18.2 Å². The minimum atomic E-state index is -0.583. The fraction of sp³-hybridized carbons (Fsp3) is 0.500. The Bertz CT molecular complexity index is 384. The maximum absolute atomic E-state index is 11.9. The molecule has 3 heteroatoms. The molecule has 3 nitrogen and oxygen atoms in total. The van der Waals surface area contributed by atoms with Crippen LogP contribution >= 0.6 is 0 Å². The van der Waals surface area contributed by atoms with Crippen LogP contribution in [0.25, 0.3) is 0 Å². The second-order valence-corrected chi connectivity index (χ2v) is 4.88. The number of benzene rings is 1. The highest BCUT2D eigenvalue weighted by atomic mass is 16.2. The van der Waals surface area contributed by atoms with Crippen LogP contribution in [0.3, 0.4) is 0 Å². The van der Waals surface area contributed by atoms with Gasteiger partial charge in [-0.2, -0.15) is 0 Å². The predicted octanol–water partition coefficient (Wildman–Crippen LogP) is 2.14. The molecule has 0 aliphatic heterocycles. The predicted molar refractivity (Wildman–Crippen MR) is 68.4 cm³/mol. The number of amides is 1. The van der Waals surface area contributed by atoms with Crippen LogP contribution in [0, 0.1) is 0 Å². The molecule has 0 spiro atoms. The summed E-state index contributed by atoms with van der Waals surface area (Å²) in [6.07, 6.45) is 3.61. The summed E-state index contributed by atoms with van der Waals surface area (Å²) in [5, 5.41) is 3.07. The molecule has 17 heavy (non-hydrogen) atoms. The van der Waals surface area contributed by atoms with E-state index < -0.39 is 5.54 Å². The highest BCUT2D eigenvalue weighted by Crippen LogP contribution is 2.33. The number of nitrogens with one attached hydrogen (secondary N) is 1. The van der Waals surface area contributed by atoms with Crippen LogP contribution in [0.15, 0.2) is 30.3 Å². The molecule has 0 bridgehead atoms. The van der Waals surface area contributed by atoms with Crippen LogP contribution in [0.4, 0.5) is 0 Å². The third-order valence-electron chi connectivity index (χ3n) is 3.33. The summed E-state index contributed by atoms with van der Waals surface area (Å²) < 4.78 is 0. The minimum absolute atomic E-state index is 0.000182. The van der Waals surface area contributed by atoms with Gasteiger partial charge >= 0.3 is 0 Å². The number of carbonyl (C=O) groups is 1. The highest BCUT2D eigenvalue weighted by molar-refractivity contribution is 5.89. The Morgan fingerprint density at radius 1 is 1.41 bits per heavy atom. The van der Waals surface area contributed by atoms with Crippen LogP contribution < -0.4 is 11.1 Å². The molecule has 1 fully saturated rings. The molecule has 1 unspecified atom stereocenters. The summed E-state index contributed by atoms with van der Waals surface area (Å²) in [5.74, 6) is -0.000182. The molecule has 1 aromatic rings. The monoisotopic (exact) mass is 232 g/mol. The zero-order valence-electron chi connectivity index (χ0n) is 10.3. The third-order valence-corrected chi connectivity index (χ3v) is 3.33. The SMILES string of the molecule is CCCC(NC(=O)C1(N)CC1)c1ccccc1. The van der Waals surface area contributed by atoms with Crippen molar-refractivity contribution in [1.29, 1.82) is 0 Å². The van der Waals surface area contributed by atoms with Crippen LogP contribution in [0.5, 0.6) is 0 Å². The topological polar surface area (TPSA) is 55.1 Å². The van der Waals surface area contributed by atoms with E-state index in [1.54, 1.807) is 0 Å². The maximum Gasteiger partial charge on any atom is 0.240 e. The molecule has 1 atom stereocenters. The van der Waals surface area contributed by atoms with E-state index in [-0.39, 0.29) is 11.9 Å². The van der Waals surface area contributed by atoms with Gasteiger partial charge in [-0.05, 0) is 24.8 Å². The summed E-state index contributed by atoms with van der Waals surface area (Å²) in [5.41, 5.74) is 6.48. The Morgan fingerprint density at radius 2 is 2.06 bits per heavy atom. The van der Waals surface area contributed by atoms with Crippen molar-refractivity contribution >= 4 is 5.91 Å². The van der Waals surface area contributed by atoms with Crippen molar-refractivity contribution in [3.05, 3.63) is 35.9 Å². The normalized spacial score (nSPS) is 18.5. The summed E-state index contributed by atoms with van der Waals surface area (Å²) in [4.78, 5) is 11.9. The first-order chi connectivity index (χ1) is 8.15. The van der Waals surface area contributed by atoms with Gasteiger partial charge in [-0.3, -0.25) is 4.79 Å². The number of rotatable bonds is 5. The van der Waals surface area contributed by atoms with Crippen molar-refractivity contribution in [3.63, 3.8) is 0 Å². The molecule has 1 aromatic carbocycles. The lowest BCUT2D eigenvalue weighted by molar-refractivity contribution is -0.124. The Hall–Kier alpha value is -1.35. The van der Waals surface area contributed by atoms with Gasteiger partial charge in [0.05, 0.1) is 11.6 Å². The van der Waals surface area contributed by atoms with Gasteiger partial charge in [0.1, 0.15) is 0 Å². The molecule has 1 aliphatic carbocycles. The summed E-state index contributed by atoms with van der Waals surface area (Å²) >= 11 is 0. The van der Waals surface area contributed by atoms with Crippen molar-refractivity contribution in [3.8, 4) is 0 Å². The fourth-order valence-electron chi connectivity index (χ4n) is 1.96. The van der Waals surface area contributed by atoms with E-state index in [0.29, 0.717) is 0 Å². The molecular formula is C14H20N2O. The van der Waals surface area contributed by atoms with Gasteiger partial charge in [-0.1, -0.05) is 43.7 Å². The average molecular weight is 232 g/mol. The highest BCUT2D eigenvalue weighted by Gasteiger charge is 2.46. The molecule has 0 radical (unpaired) electrons. The van der Waals surface area contributed by atoms with Crippen molar-refractivity contribution in [2.45, 2.75) is 44.2 Å². The van der Waals surface area contributed by atoms with Gasteiger partial charge in [0.15, 0.2) is 0 Å². The van der Waals surface area contributed by atoms with Crippen LogP contribution in [0.1, 0.15) is 44.2 Å². The van der Waals surface area contributed by atoms with Crippen LogP contribution in [-0.4, -0.2) is 11.4 Å². The van der Waals surface area contributed by atoms with Crippen molar-refractivity contribution in [2.24, 2.45) is 5.73 Å². The zero-order chi connectivity index (χ0) is 12.3.